The molecule has 0 saturated carbocycles. The number of nitrogens with zero attached hydrogens (tertiary/aromatic N) is 1. The van der Waals surface area contributed by atoms with Crippen LogP contribution in [-0.2, 0) is 19.6 Å². The van der Waals surface area contributed by atoms with E-state index < -0.39 is 27.9 Å². The number of amides is 1. The molecule has 1 atom stereocenters. The van der Waals surface area contributed by atoms with Crippen LogP contribution in [0.4, 0.5) is 5.13 Å². The van der Waals surface area contributed by atoms with Crippen LogP contribution in [-0.4, -0.2) is 37.9 Å². The summed E-state index contributed by atoms with van der Waals surface area (Å²) in [6.45, 7) is 6.82. The second-order valence-electron chi connectivity index (χ2n) is 5.80. The number of sulfonamides is 1. The van der Waals surface area contributed by atoms with Crippen molar-refractivity contribution < 1.29 is 22.7 Å². The number of anilines is 1. The molecule has 0 aliphatic heterocycles. The molecule has 1 aromatic carbocycles. The number of aromatic nitrogens is 1. The van der Waals surface area contributed by atoms with Crippen LogP contribution in [0.1, 0.15) is 34.8 Å². The highest BCUT2D eigenvalue weighted by molar-refractivity contribution is 7.89. The summed E-state index contributed by atoms with van der Waals surface area (Å²) in [5, 5.41) is 2.71. The maximum absolute atomic E-state index is 12.4. The van der Waals surface area contributed by atoms with Gasteiger partial charge in [0.2, 0.25) is 15.9 Å². The minimum Gasteiger partial charge on any atom is -0.462 e. The smallest absolute Gasteiger partial charge is 0.350 e. The van der Waals surface area contributed by atoms with E-state index >= 15 is 0 Å². The predicted octanol–water partition coefficient (Wildman–Crippen LogP) is 2.24. The molecule has 2 rings (SSSR count). The van der Waals surface area contributed by atoms with Crippen molar-refractivity contribution in [3.05, 3.63) is 40.4 Å². The number of ether oxygens (including phenoxy) is 1. The lowest BCUT2D eigenvalue weighted by Gasteiger charge is -2.13. The first-order valence-corrected chi connectivity index (χ1v) is 10.5. The van der Waals surface area contributed by atoms with Crippen molar-refractivity contribution in [1.82, 2.24) is 9.71 Å². The molecule has 1 heterocycles. The molecule has 0 aliphatic rings. The fraction of sp³-hybridized carbons (Fsp3) is 0.353. The van der Waals surface area contributed by atoms with Gasteiger partial charge in [0, 0.05) is 0 Å². The molecule has 146 valence electrons. The molecule has 0 spiro atoms. The summed E-state index contributed by atoms with van der Waals surface area (Å²) in [6.07, 6.45) is 0. The second kappa shape index (κ2) is 8.59. The summed E-state index contributed by atoms with van der Waals surface area (Å²) in [5.74, 6) is -1.10. The Morgan fingerprint density at radius 2 is 1.85 bits per heavy atom. The van der Waals surface area contributed by atoms with Gasteiger partial charge in [0.1, 0.15) is 4.88 Å². The Morgan fingerprint density at radius 3 is 2.44 bits per heavy atom. The topological polar surface area (TPSA) is 114 Å². The minimum absolute atomic E-state index is 0.0717. The van der Waals surface area contributed by atoms with Crippen LogP contribution in [0.3, 0.4) is 0 Å². The highest BCUT2D eigenvalue weighted by Crippen LogP contribution is 2.23. The summed E-state index contributed by atoms with van der Waals surface area (Å²) in [4.78, 5) is 28.6. The van der Waals surface area contributed by atoms with Crippen molar-refractivity contribution in [3.63, 3.8) is 0 Å². The van der Waals surface area contributed by atoms with Crippen LogP contribution in [0.5, 0.6) is 0 Å². The second-order valence-corrected chi connectivity index (χ2v) is 8.51. The van der Waals surface area contributed by atoms with Crippen molar-refractivity contribution in [3.8, 4) is 0 Å². The average molecular weight is 412 g/mol. The van der Waals surface area contributed by atoms with E-state index in [2.05, 4.69) is 15.0 Å². The standard InChI is InChI=1S/C17H21N3O5S2/c1-5-25-16(22)14-11(3)18-17(26-14)19-15(21)12(4)20-27(23,24)13-8-6-10(2)7-9-13/h6-9,12,20H,5H2,1-4H3,(H,18,19,21). The number of esters is 1. The molecule has 0 radical (unpaired) electrons. The van der Waals surface area contributed by atoms with Crippen LogP contribution in [0.2, 0.25) is 0 Å². The van der Waals surface area contributed by atoms with E-state index in [1.807, 2.05) is 6.92 Å². The number of carbonyl (C=O) groups is 2. The van der Waals surface area contributed by atoms with Gasteiger partial charge in [-0.05, 0) is 39.8 Å². The van der Waals surface area contributed by atoms with Gasteiger partial charge >= 0.3 is 5.97 Å². The zero-order chi connectivity index (χ0) is 20.2. The molecular weight excluding hydrogens is 390 g/mol. The number of nitrogens with one attached hydrogen (secondary N) is 2. The van der Waals surface area contributed by atoms with E-state index in [4.69, 9.17) is 4.74 Å². The monoisotopic (exact) mass is 411 g/mol. The summed E-state index contributed by atoms with van der Waals surface area (Å²) >= 11 is 0.974. The van der Waals surface area contributed by atoms with E-state index in [9.17, 15) is 18.0 Å². The van der Waals surface area contributed by atoms with E-state index in [1.165, 1.54) is 19.1 Å². The highest BCUT2D eigenvalue weighted by Gasteiger charge is 2.24. The lowest BCUT2D eigenvalue weighted by atomic mass is 10.2. The first-order valence-electron chi connectivity index (χ1n) is 8.18. The molecule has 1 unspecified atom stereocenters. The molecule has 1 aromatic heterocycles. The molecule has 2 N–H and O–H groups in total. The van der Waals surface area contributed by atoms with Gasteiger partial charge in [0.05, 0.1) is 23.2 Å². The third kappa shape index (κ3) is 5.34. The number of aryl methyl sites for hydroxylation is 2. The van der Waals surface area contributed by atoms with Crippen molar-refractivity contribution in [2.45, 2.75) is 38.6 Å². The number of carbonyl (C=O) groups excluding carboxylic acids is 2. The first kappa shape index (κ1) is 21.0. The van der Waals surface area contributed by atoms with Gasteiger partial charge in [-0.3, -0.25) is 4.79 Å². The van der Waals surface area contributed by atoms with Crippen LogP contribution in [0.15, 0.2) is 29.2 Å². The zero-order valence-electron chi connectivity index (χ0n) is 15.4. The van der Waals surface area contributed by atoms with Gasteiger partial charge in [0.25, 0.3) is 0 Å². The van der Waals surface area contributed by atoms with Crippen LogP contribution >= 0.6 is 11.3 Å². The van der Waals surface area contributed by atoms with Crippen molar-refractivity contribution >= 4 is 38.4 Å². The van der Waals surface area contributed by atoms with Crippen LogP contribution in [0.25, 0.3) is 0 Å². The number of thiazole rings is 1. The minimum atomic E-state index is -3.84. The van der Waals surface area contributed by atoms with Gasteiger partial charge < -0.3 is 10.1 Å². The van der Waals surface area contributed by atoms with E-state index in [0.717, 1.165) is 16.9 Å². The molecule has 1 amide bonds. The quantitative estimate of drug-likeness (QED) is 0.676. The molecule has 0 saturated heterocycles. The van der Waals surface area contributed by atoms with E-state index in [-0.39, 0.29) is 16.6 Å². The molecule has 0 bridgehead atoms. The fourth-order valence-corrected chi connectivity index (χ4v) is 4.19. The predicted molar refractivity (Wildman–Crippen MR) is 102 cm³/mol. The van der Waals surface area contributed by atoms with Crippen LogP contribution in [0, 0.1) is 13.8 Å². The summed E-state index contributed by atoms with van der Waals surface area (Å²) < 4.78 is 32.0. The number of hydrogen-bond donors (Lipinski definition) is 2. The lowest BCUT2D eigenvalue weighted by molar-refractivity contribution is -0.117. The van der Waals surface area contributed by atoms with Gasteiger partial charge in [-0.1, -0.05) is 29.0 Å². The van der Waals surface area contributed by atoms with Gasteiger partial charge in [-0.2, -0.15) is 4.72 Å². The largest absolute Gasteiger partial charge is 0.462 e. The van der Waals surface area contributed by atoms with E-state index in [1.54, 1.807) is 26.0 Å². The number of rotatable bonds is 7. The third-order valence-electron chi connectivity index (χ3n) is 3.54. The molecular formula is C17H21N3O5S2. The Labute approximate surface area is 162 Å². The molecule has 0 fully saturated rings. The number of benzene rings is 1. The van der Waals surface area contributed by atoms with Gasteiger partial charge in [-0.15, -0.1) is 0 Å². The molecule has 27 heavy (non-hydrogen) atoms. The summed E-state index contributed by atoms with van der Waals surface area (Å²) in [5.41, 5.74) is 1.36. The Balaban J connectivity index is 2.06. The Hall–Kier alpha value is -2.30. The highest BCUT2D eigenvalue weighted by atomic mass is 32.2. The van der Waals surface area contributed by atoms with Crippen molar-refractivity contribution in [1.29, 1.82) is 0 Å². The molecule has 2 aromatic rings. The van der Waals surface area contributed by atoms with Crippen LogP contribution < -0.4 is 10.0 Å². The SMILES string of the molecule is CCOC(=O)c1sc(NC(=O)C(C)NS(=O)(=O)c2ccc(C)cc2)nc1C. The molecule has 8 nitrogen and oxygen atoms in total. The third-order valence-corrected chi connectivity index (χ3v) is 6.15. The average Bonchev–Trinajstić information content (AvgIpc) is 2.95. The maximum atomic E-state index is 12.4. The normalized spacial score (nSPS) is 12.4. The Morgan fingerprint density at radius 1 is 1.22 bits per heavy atom. The van der Waals surface area contributed by atoms with Gasteiger partial charge in [-0.25, -0.2) is 18.2 Å². The zero-order valence-corrected chi connectivity index (χ0v) is 17.0. The molecule has 0 aliphatic carbocycles. The van der Waals surface area contributed by atoms with Crippen molar-refractivity contribution in [2.75, 3.05) is 11.9 Å². The van der Waals surface area contributed by atoms with Gasteiger partial charge in [0.15, 0.2) is 5.13 Å². The fourth-order valence-electron chi connectivity index (χ4n) is 2.12. The Kier molecular flexibility index (Phi) is 6.68. The summed E-state index contributed by atoms with van der Waals surface area (Å²) in [6, 6.07) is 5.26. The Bertz CT molecular complexity index is 936. The van der Waals surface area contributed by atoms with E-state index in [0.29, 0.717) is 10.6 Å². The first-order chi connectivity index (χ1) is 12.6. The summed E-state index contributed by atoms with van der Waals surface area (Å²) in [7, 11) is -3.84. The lowest BCUT2D eigenvalue weighted by Crippen LogP contribution is -2.41. The van der Waals surface area contributed by atoms with Crippen molar-refractivity contribution in [2.24, 2.45) is 0 Å². The number of hydrogen-bond acceptors (Lipinski definition) is 7. The molecule has 10 heteroatoms. The maximum Gasteiger partial charge on any atom is 0.350 e.